The molecule has 76 valence electrons. The monoisotopic (exact) mass is 182 g/mol. The Bertz CT molecular complexity index is 175. The predicted molar refractivity (Wildman–Crippen MR) is 55.6 cm³/mol. The quantitative estimate of drug-likeness (QED) is 0.703. The van der Waals surface area contributed by atoms with Crippen molar-refractivity contribution < 1.29 is 0 Å². The van der Waals surface area contributed by atoms with Crippen LogP contribution in [0.25, 0.3) is 0 Å². The first-order valence-electron chi connectivity index (χ1n) is 5.63. The van der Waals surface area contributed by atoms with Crippen molar-refractivity contribution in [1.29, 1.82) is 0 Å². The molecule has 0 radical (unpaired) electrons. The Kier molecular flexibility index (Phi) is 2.37. The van der Waals surface area contributed by atoms with Crippen LogP contribution in [-0.4, -0.2) is 30.1 Å². The minimum atomic E-state index is 0.318. The third kappa shape index (κ3) is 1.62. The lowest BCUT2D eigenvalue weighted by atomic mass is 9.77. The van der Waals surface area contributed by atoms with Gasteiger partial charge < -0.3 is 5.73 Å². The van der Waals surface area contributed by atoms with Gasteiger partial charge in [0.1, 0.15) is 0 Å². The summed E-state index contributed by atoms with van der Waals surface area (Å²) >= 11 is 0. The number of hydrogen-bond acceptors (Lipinski definition) is 2. The number of nitrogens with zero attached hydrogens (tertiary/aromatic N) is 1. The smallest absolute Gasteiger partial charge is 0.0216 e. The molecule has 2 nitrogen and oxygen atoms in total. The minimum Gasteiger partial charge on any atom is -0.327 e. The topological polar surface area (TPSA) is 29.3 Å². The largest absolute Gasteiger partial charge is 0.327 e. The number of hydrogen-bond donors (Lipinski definition) is 1. The van der Waals surface area contributed by atoms with Crippen LogP contribution in [0.3, 0.4) is 0 Å². The normalized spacial score (nSPS) is 31.6. The molecule has 2 fully saturated rings. The highest BCUT2D eigenvalue weighted by Crippen LogP contribution is 2.46. The minimum absolute atomic E-state index is 0.318. The van der Waals surface area contributed by atoms with Gasteiger partial charge in [-0.05, 0) is 32.1 Å². The SMILES string of the molecule is CC(N)C(C)N1CC2(CCCC2)C1. The maximum absolute atomic E-state index is 5.89. The highest BCUT2D eigenvalue weighted by Gasteiger charge is 2.46. The van der Waals surface area contributed by atoms with Crippen molar-refractivity contribution in [2.24, 2.45) is 11.1 Å². The van der Waals surface area contributed by atoms with E-state index >= 15 is 0 Å². The van der Waals surface area contributed by atoms with Gasteiger partial charge >= 0.3 is 0 Å². The summed E-state index contributed by atoms with van der Waals surface area (Å²) in [4.78, 5) is 2.55. The van der Waals surface area contributed by atoms with E-state index in [0.717, 1.165) is 5.41 Å². The van der Waals surface area contributed by atoms with Gasteiger partial charge in [-0.3, -0.25) is 4.90 Å². The van der Waals surface area contributed by atoms with E-state index in [2.05, 4.69) is 18.7 Å². The molecule has 1 saturated heterocycles. The molecule has 0 aromatic rings. The fourth-order valence-corrected chi connectivity index (χ4v) is 2.88. The van der Waals surface area contributed by atoms with Crippen LogP contribution in [0.4, 0.5) is 0 Å². The third-order valence-electron chi connectivity index (χ3n) is 4.08. The Balaban J connectivity index is 1.83. The second-order valence-electron chi connectivity index (χ2n) is 5.21. The van der Waals surface area contributed by atoms with Gasteiger partial charge in [0.05, 0.1) is 0 Å². The molecule has 0 bridgehead atoms. The summed E-state index contributed by atoms with van der Waals surface area (Å²) in [6.45, 7) is 7.00. The average Bonchev–Trinajstić information content (AvgIpc) is 2.47. The zero-order valence-electron chi connectivity index (χ0n) is 8.92. The molecule has 1 heterocycles. The summed E-state index contributed by atoms with van der Waals surface area (Å²) in [7, 11) is 0. The Morgan fingerprint density at radius 1 is 1.15 bits per heavy atom. The zero-order valence-corrected chi connectivity index (χ0v) is 8.92. The van der Waals surface area contributed by atoms with E-state index in [0.29, 0.717) is 12.1 Å². The van der Waals surface area contributed by atoms with Crippen molar-refractivity contribution in [3.8, 4) is 0 Å². The number of likely N-dealkylation sites (tertiary alicyclic amines) is 1. The lowest BCUT2D eigenvalue weighted by Crippen LogP contribution is -2.61. The Morgan fingerprint density at radius 3 is 2.15 bits per heavy atom. The van der Waals surface area contributed by atoms with E-state index in [4.69, 9.17) is 5.73 Å². The maximum Gasteiger partial charge on any atom is 0.0216 e. The Morgan fingerprint density at radius 2 is 1.69 bits per heavy atom. The summed E-state index contributed by atoms with van der Waals surface area (Å²) in [5.41, 5.74) is 6.62. The molecule has 2 rings (SSSR count). The molecular formula is C11H22N2. The van der Waals surface area contributed by atoms with Gasteiger partial charge in [0.15, 0.2) is 0 Å². The van der Waals surface area contributed by atoms with E-state index in [9.17, 15) is 0 Å². The van der Waals surface area contributed by atoms with Crippen molar-refractivity contribution in [2.45, 2.75) is 51.6 Å². The third-order valence-corrected chi connectivity index (χ3v) is 4.08. The van der Waals surface area contributed by atoms with Crippen molar-refractivity contribution in [3.63, 3.8) is 0 Å². The molecule has 2 atom stereocenters. The predicted octanol–water partition coefficient (Wildman–Crippen LogP) is 1.60. The van der Waals surface area contributed by atoms with Crippen LogP contribution in [0.1, 0.15) is 39.5 Å². The molecule has 13 heavy (non-hydrogen) atoms. The van der Waals surface area contributed by atoms with Crippen molar-refractivity contribution in [2.75, 3.05) is 13.1 Å². The summed E-state index contributed by atoms with van der Waals surface area (Å²) in [6.07, 6.45) is 5.85. The van der Waals surface area contributed by atoms with Crippen molar-refractivity contribution in [1.82, 2.24) is 4.90 Å². The molecule has 0 aromatic heterocycles. The molecule has 0 amide bonds. The van der Waals surface area contributed by atoms with E-state index < -0.39 is 0 Å². The summed E-state index contributed by atoms with van der Waals surface area (Å²) < 4.78 is 0. The highest BCUT2D eigenvalue weighted by atomic mass is 15.2. The fourth-order valence-electron chi connectivity index (χ4n) is 2.88. The molecule has 0 aromatic carbocycles. The number of rotatable bonds is 2. The van der Waals surface area contributed by atoms with Crippen LogP contribution < -0.4 is 5.73 Å². The molecular weight excluding hydrogens is 160 g/mol. The van der Waals surface area contributed by atoms with Gasteiger partial charge in [0.25, 0.3) is 0 Å². The lowest BCUT2D eigenvalue weighted by Gasteiger charge is -2.52. The fraction of sp³-hybridized carbons (Fsp3) is 1.00. The Labute approximate surface area is 81.5 Å². The van der Waals surface area contributed by atoms with Crippen LogP contribution in [0.5, 0.6) is 0 Å². The van der Waals surface area contributed by atoms with Gasteiger partial charge in [-0.15, -0.1) is 0 Å². The van der Waals surface area contributed by atoms with Gasteiger partial charge in [0.2, 0.25) is 0 Å². The first-order valence-corrected chi connectivity index (χ1v) is 5.63. The van der Waals surface area contributed by atoms with Crippen molar-refractivity contribution >= 4 is 0 Å². The van der Waals surface area contributed by atoms with Crippen molar-refractivity contribution in [3.05, 3.63) is 0 Å². The second-order valence-corrected chi connectivity index (χ2v) is 5.21. The van der Waals surface area contributed by atoms with E-state index in [1.54, 1.807) is 0 Å². The first-order chi connectivity index (χ1) is 6.13. The second kappa shape index (κ2) is 3.25. The zero-order chi connectivity index (χ0) is 9.47. The number of nitrogens with two attached hydrogens (primary N) is 1. The van der Waals surface area contributed by atoms with Crippen LogP contribution >= 0.6 is 0 Å². The summed E-state index contributed by atoms with van der Waals surface area (Å²) in [6, 6.07) is 0.893. The van der Waals surface area contributed by atoms with Crippen LogP contribution in [0.2, 0.25) is 0 Å². The van der Waals surface area contributed by atoms with Gasteiger partial charge in [-0.25, -0.2) is 0 Å². The maximum atomic E-state index is 5.89. The molecule has 1 spiro atoms. The van der Waals surface area contributed by atoms with Crippen LogP contribution in [0.15, 0.2) is 0 Å². The molecule has 2 heteroatoms. The molecule has 1 aliphatic carbocycles. The van der Waals surface area contributed by atoms with Gasteiger partial charge in [-0.1, -0.05) is 12.8 Å². The average molecular weight is 182 g/mol. The summed E-state index contributed by atoms with van der Waals surface area (Å²) in [5.74, 6) is 0. The molecule has 1 saturated carbocycles. The van der Waals surface area contributed by atoms with E-state index in [-0.39, 0.29) is 0 Å². The Hall–Kier alpha value is -0.0800. The summed E-state index contributed by atoms with van der Waals surface area (Å²) in [5, 5.41) is 0. The highest BCUT2D eigenvalue weighted by molar-refractivity contribution is 5.00. The van der Waals surface area contributed by atoms with Crippen LogP contribution in [-0.2, 0) is 0 Å². The molecule has 1 aliphatic heterocycles. The molecule has 2 unspecified atom stereocenters. The van der Waals surface area contributed by atoms with E-state index in [1.807, 2.05) is 0 Å². The van der Waals surface area contributed by atoms with E-state index in [1.165, 1.54) is 38.8 Å². The first kappa shape index (κ1) is 9.47. The molecule has 2 aliphatic rings. The molecule has 2 N–H and O–H groups in total. The van der Waals surface area contributed by atoms with Crippen LogP contribution in [0, 0.1) is 5.41 Å². The van der Waals surface area contributed by atoms with Gasteiger partial charge in [-0.2, -0.15) is 0 Å². The standard InChI is InChI=1S/C11H22N2/c1-9(12)10(2)13-7-11(8-13)5-3-4-6-11/h9-10H,3-8,12H2,1-2H3. The lowest BCUT2D eigenvalue weighted by molar-refractivity contribution is -0.0269. The van der Waals surface area contributed by atoms with Gasteiger partial charge in [0, 0.05) is 25.2 Å².